The first-order valence-corrected chi connectivity index (χ1v) is 18.2. The first-order chi connectivity index (χ1) is 25.5. The second kappa shape index (κ2) is 21.1. The normalized spacial score (nSPS) is 40.3. The number of esters is 2. The lowest BCUT2D eigenvalue weighted by Gasteiger charge is -2.45. The summed E-state index contributed by atoms with van der Waals surface area (Å²) >= 11 is 0. The average Bonchev–Trinajstić information content (AvgIpc) is 3.09. The third kappa shape index (κ3) is 13.2. The molecule has 8 N–H and O–H groups in total. The van der Waals surface area contributed by atoms with Crippen molar-refractivity contribution in [3.8, 4) is 0 Å². The molecule has 3 aliphatic heterocycles. The number of fused-ring (bicyclic) bond motifs is 2. The molecule has 0 spiro atoms. The molecule has 54 heavy (non-hydrogen) atoms. The van der Waals surface area contributed by atoms with Gasteiger partial charge in [-0.1, -0.05) is 55.5 Å². The van der Waals surface area contributed by atoms with E-state index in [-0.39, 0.29) is 12.3 Å². The summed E-state index contributed by atoms with van der Waals surface area (Å²) in [5.41, 5.74) is 0. The fraction of sp³-hybridized carbons (Fsp3) is 0.658. The molecular weight excluding hydrogens is 710 g/mol. The van der Waals surface area contributed by atoms with Crippen LogP contribution in [0.4, 0.5) is 0 Å². The van der Waals surface area contributed by atoms with Crippen molar-refractivity contribution in [3.63, 3.8) is 0 Å². The minimum atomic E-state index is -2.25. The molecule has 304 valence electrons. The number of methoxy groups -OCH3 is 1. The van der Waals surface area contributed by atoms with Crippen LogP contribution in [0.15, 0.2) is 60.8 Å². The molecule has 2 fully saturated rings. The van der Waals surface area contributed by atoms with E-state index in [2.05, 4.69) is 5.32 Å². The molecule has 0 aromatic carbocycles. The van der Waals surface area contributed by atoms with Crippen LogP contribution in [0.2, 0.25) is 0 Å². The van der Waals surface area contributed by atoms with Gasteiger partial charge in [0.2, 0.25) is 5.91 Å². The Morgan fingerprint density at radius 1 is 0.889 bits per heavy atom. The van der Waals surface area contributed by atoms with Gasteiger partial charge in [0.25, 0.3) is 0 Å². The predicted molar refractivity (Wildman–Crippen MR) is 192 cm³/mol. The number of hydrogen-bond donors (Lipinski definition) is 8. The largest absolute Gasteiger partial charge is 0.469 e. The highest BCUT2D eigenvalue weighted by Crippen LogP contribution is 2.38. The van der Waals surface area contributed by atoms with Gasteiger partial charge in [-0.3, -0.25) is 9.59 Å². The number of hydrogen-bond acceptors (Lipinski definition) is 15. The van der Waals surface area contributed by atoms with Crippen molar-refractivity contribution in [2.24, 2.45) is 11.8 Å². The van der Waals surface area contributed by atoms with E-state index in [0.29, 0.717) is 6.42 Å². The average molecular weight is 768 g/mol. The number of cyclic esters (lactones) is 1. The van der Waals surface area contributed by atoms with Gasteiger partial charge in [0.15, 0.2) is 12.1 Å². The van der Waals surface area contributed by atoms with E-state index in [1.807, 2.05) is 13.0 Å². The maximum absolute atomic E-state index is 13.0. The molecule has 0 aromatic heterocycles. The van der Waals surface area contributed by atoms with Gasteiger partial charge in [-0.15, -0.1) is 0 Å². The molecule has 2 bridgehead atoms. The van der Waals surface area contributed by atoms with Crippen LogP contribution in [0.3, 0.4) is 0 Å². The van der Waals surface area contributed by atoms with E-state index in [1.165, 1.54) is 13.8 Å². The van der Waals surface area contributed by atoms with Crippen molar-refractivity contribution in [2.75, 3.05) is 7.11 Å². The minimum absolute atomic E-state index is 0.128. The van der Waals surface area contributed by atoms with Gasteiger partial charge >= 0.3 is 11.9 Å². The molecule has 1 amide bonds. The Hall–Kier alpha value is -3.29. The molecule has 3 rings (SSSR count). The maximum Gasteiger partial charge on any atom is 0.330 e. The summed E-state index contributed by atoms with van der Waals surface area (Å²) in [6.45, 7) is 6.43. The lowest BCUT2D eigenvalue weighted by molar-refractivity contribution is -0.309. The lowest BCUT2D eigenvalue weighted by atomic mass is 9.82. The number of aliphatic hydroxyl groups excluding tert-OH is 6. The zero-order valence-electron chi connectivity index (χ0n) is 31.3. The highest BCUT2D eigenvalue weighted by atomic mass is 16.7. The fourth-order valence-corrected chi connectivity index (χ4v) is 6.77. The smallest absolute Gasteiger partial charge is 0.330 e. The third-order valence-electron chi connectivity index (χ3n) is 9.68. The van der Waals surface area contributed by atoms with Crippen LogP contribution < -0.4 is 5.32 Å². The molecule has 0 aromatic rings. The molecule has 15 atom stereocenters. The van der Waals surface area contributed by atoms with E-state index in [9.17, 15) is 50.1 Å². The number of amides is 1. The van der Waals surface area contributed by atoms with Crippen molar-refractivity contribution in [1.82, 2.24) is 5.32 Å². The van der Waals surface area contributed by atoms with Crippen molar-refractivity contribution < 1.29 is 73.8 Å². The van der Waals surface area contributed by atoms with Crippen molar-refractivity contribution in [2.45, 2.75) is 139 Å². The number of allylic oxidation sites excluding steroid dienone is 6. The highest BCUT2D eigenvalue weighted by molar-refractivity contribution is 5.82. The SMILES string of the molecule is CCC1C=CC=CC=CC=CC(OC2OC(C)C(O)C(NC(C)=O)C2O)CC2OC(O)(CC(O)CC(O)C(O)C=CC(=O)OC1C)CC(O)C2C(=O)OC. The molecule has 2 saturated heterocycles. The van der Waals surface area contributed by atoms with Gasteiger partial charge < -0.3 is 64.7 Å². The summed E-state index contributed by atoms with van der Waals surface area (Å²) in [5, 5.41) is 78.9. The van der Waals surface area contributed by atoms with E-state index >= 15 is 0 Å². The van der Waals surface area contributed by atoms with Gasteiger partial charge in [0.1, 0.15) is 24.2 Å². The topological polar surface area (TPSA) is 251 Å². The number of ether oxygens (including phenoxy) is 5. The monoisotopic (exact) mass is 767 g/mol. The van der Waals surface area contributed by atoms with Crippen LogP contribution in [-0.2, 0) is 38.1 Å². The summed E-state index contributed by atoms with van der Waals surface area (Å²) < 4.78 is 28.4. The summed E-state index contributed by atoms with van der Waals surface area (Å²) in [7, 11) is 1.12. The van der Waals surface area contributed by atoms with Crippen LogP contribution in [0.25, 0.3) is 0 Å². The Bertz CT molecular complexity index is 1380. The highest BCUT2D eigenvalue weighted by Gasteiger charge is 2.51. The first-order valence-electron chi connectivity index (χ1n) is 18.2. The van der Waals surface area contributed by atoms with Crippen LogP contribution in [0.5, 0.6) is 0 Å². The molecule has 16 nitrogen and oxygen atoms in total. The van der Waals surface area contributed by atoms with Gasteiger partial charge in [0.05, 0.1) is 55.9 Å². The maximum atomic E-state index is 13.0. The number of nitrogens with one attached hydrogen (secondary N) is 1. The summed E-state index contributed by atoms with van der Waals surface area (Å²) in [4.78, 5) is 37.3. The first kappa shape index (κ1) is 45.1. The lowest BCUT2D eigenvalue weighted by Crippen LogP contribution is -2.64. The Morgan fingerprint density at radius 2 is 1.54 bits per heavy atom. The molecule has 0 saturated carbocycles. The summed E-state index contributed by atoms with van der Waals surface area (Å²) in [6.07, 6.45) is 0.354. The van der Waals surface area contributed by atoms with Gasteiger partial charge in [-0.2, -0.15) is 0 Å². The van der Waals surface area contributed by atoms with E-state index in [0.717, 1.165) is 19.3 Å². The molecule has 0 aliphatic carbocycles. The zero-order chi connectivity index (χ0) is 40.2. The van der Waals surface area contributed by atoms with Gasteiger partial charge in [-0.25, -0.2) is 4.79 Å². The summed E-state index contributed by atoms with van der Waals surface area (Å²) in [5.74, 6) is -5.82. The Balaban J connectivity index is 2.00. The van der Waals surface area contributed by atoms with Crippen LogP contribution in [0.1, 0.15) is 59.8 Å². The number of rotatable bonds is 5. The zero-order valence-corrected chi connectivity index (χ0v) is 31.3. The Kier molecular flexibility index (Phi) is 17.6. The summed E-state index contributed by atoms with van der Waals surface area (Å²) in [6, 6.07) is -1.15. The second-order valence-electron chi connectivity index (χ2n) is 14.0. The van der Waals surface area contributed by atoms with Crippen molar-refractivity contribution in [1.29, 1.82) is 0 Å². The van der Waals surface area contributed by atoms with E-state index < -0.39 is 122 Å². The molecule has 15 unspecified atom stereocenters. The molecule has 0 radical (unpaired) electrons. The van der Waals surface area contributed by atoms with Crippen LogP contribution >= 0.6 is 0 Å². The molecule has 3 aliphatic rings. The van der Waals surface area contributed by atoms with Crippen LogP contribution in [-0.4, -0.2) is 140 Å². The number of aliphatic hydroxyl groups is 7. The Labute approximate surface area is 315 Å². The van der Waals surface area contributed by atoms with Crippen molar-refractivity contribution >= 4 is 17.8 Å². The minimum Gasteiger partial charge on any atom is -0.469 e. The van der Waals surface area contributed by atoms with Gasteiger partial charge in [-0.05, 0) is 26.3 Å². The Morgan fingerprint density at radius 3 is 2.17 bits per heavy atom. The standard InChI is InChI=1S/C38H57NO15/c1-6-24-13-11-9-7-8-10-12-14-26(53-37-35(47)33(39-23(4)40)34(46)22(3)52-37)18-30-32(36(48)50-5)29(44)20-38(49,54-30)19-25(41)17-28(43)27(42)15-16-31(45)51-21(24)2/h7-16,21-22,24-30,32-35,37,41-44,46-47,49H,6,17-20H2,1-5H3,(H,39,40). The quantitative estimate of drug-likeness (QED) is 0.171. The predicted octanol–water partition coefficient (Wildman–Crippen LogP) is -0.0240. The molecule has 3 heterocycles. The van der Waals surface area contributed by atoms with Crippen LogP contribution in [0, 0.1) is 11.8 Å². The van der Waals surface area contributed by atoms with Gasteiger partial charge in [0, 0.05) is 44.6 Å². The van der Waals surface area contributed by atoms with E-state index in [4.69, 9.17) is 23.7 Å². The number of carbonyl (C=O) groups is 3. The van der Waals surface area contributed by atoms with Crippen molar-refractivity contribution in [3.05, 3.63) is 60.8 Å². The fourth-order valence-electron chi connectivity index (χ4n) is 6.77. The second-order valence-corrected chi connectivity index (χ2v) is 14.0. The van der Waals surface area contributed by atoms with E-state index in [1.54, 1.807) is 49.5 Å². The number of carbonyl (C=O) groups excluding carboxylic acids is 3. The third-order valence-corrected chi connectivity index (χ3v) is 9.68. The molecule has 16 heteroatoms. The molecular formula is C38H57NO15.